The van der Waals surface area contributed by atoms with Crippen molar-refractivity contribution in [2.75, 3.05) is 26.7 Å². The van der Waals surface area contributed by atoms with Gasteiger partial charge < -0.3 is 10.1 Å². The number of sulfone groups is 1. The molecule has 3 rings (SSSR count). The lowest BCUT2D eigenvalue weighted by molar-refractivity contribution is 0.0938. The molecule has 2 aromatic carbocycles. The van der Waals surface area contributed by atoms with Crippen molar-refractivity contribution in [3.05, 3.63) is 59.7 Å². The van der Waals surface area contributed by atoms with E-state index >= 15 is 0 Å². The number of nitrogens with zero attached hydrogens (tertiary/aromatic N) is 1. The van der Waals surface area contributed by atoms with Gasteiger partial charge in [0.1, 0.15) is 5.75 Å². The van der Waals surface area contributed by atoms with E-state index in [0.717, 1.165) is 49.4 Å². The summed E-state index contributed by atoms with van der Waals surface area (Å²) in [5.74, 6) is -3.16. The van der Waals surface area contributed by atoms with Crippen LogP contribution in [0.2, 0.25) is 0 Å². The highest BCUT2D eigenvalue weighted by molar-refractivity contribution is 7.91. The predicted octanol–water partition coefficient (Wildman–Crippen LogP) is 3.26. The summed E-state index contributed by atoms with van der Waals surface area (Å²) in [4.78, 5) is 14.3. The number of halogens is 2. The van der Waals surface area contributed by atoms with Gasteiger partial charge in [0.15, 0.2) is 0 Å². The summed E-state index contributed by atoms with van der Waals surface area (Å²) >= 11 is 0. The van der Waals surface area contributed by atoms with Crippen LogP contribution in [0.4, 0.5) is 8.78 Å². The summed E-state index contributed by atoms with van der Waals surface area (Å²) in [5, 5.41) is 2.87. The summed E-state index contributed by atoms with van der Waals surface area (Å²) in [6.07, 6.45) is 2.18. The second kappa shape index (κ2) is 9.53. The van der Waals surface area contributed by atoms with Crippen LogP contribution in [0.15, 0.2) is 53.4 Å². The van der Waals surface area contributed by atoms with Crippen LogP contribution in [0.1, 0.15) is 34.8 Å². The van der Waals surface area contributed by atoms with E-state index < -0.39 is 26.4 Å². The number of rotatable bonds is 8. The molecule has 1 unspecified atom stereocenters. The lowest BCUT2D eigenvalue weighted by Crippen LogP contribution is -2.36. The lowest BCUT2D eigenvalue weighted by atomic mass is 10.0. The maximum Gasteiger partial charge on any atom is 0.341 e. The Morgan fingerprint density at radius 3 is 2.40 bits per heavy atom. The second-order valence-electron chi connectivity index (χ2n) is 7.08. The molecule has 0 radical (unpaired) electrons. The van der Waals surface area contributed by atoms with Gasteiger partial charge in [-0.2, -0.15) is 8.78 Å². The molecule has 6 nitrogen and oxygen atoms in total. The summed E-state index contributed by atoms with van der Waals surface area (Å²) in [6.45, 7) is 2.21. The molecule has 0 bridgehead atoms. The highest BCUT2D eigenvalue weighted by Gasteiger charge is 2.27. The molecule has 1 N–H and O–H groups in total. The molecule has 162 valence electrons. The van der Waals surface area contributed by atoms with E-state index in [-0.39, 0.29) is 11.6 Å². The monoisotopic (exact) mass is 438 g/mol. The number of amides is 1. The van der Waals surface area contributed by atoms with Crippen LogP contribution in [0.25, 0.3) is 0 Å². The zero-order valence-corrected chi connectivity index (χ0v) is 17.4. The number of ether oxygens (including phenoxy) is 1. The molecule has 0 aliphatic carbocycles. The van der Waals surface area contributed by atoms with Gasteiger partial charge in [-0.25, -0.2) is 8.42 Å². The fourth-order valence-corrected chi connectivity index (χ4v) is 4.27. The van der Waals surface area contributed by atoms with E-state index in [4.69, 9.17) is 4.74 Å². The van der Waals surface area contributed by atoms with Crippen LogP contribution in [0.5, 0.6) is 5.75 Å². The molecular weight excluding hydrogens is 414 g/mol. The van der Waals surface area contributed by atoms with Crippen LogP contribution in [-0.2, 0) is 9.84 Å². The third-order valence-corrected chi connectivity index (χ3v) is 6.59. The van der Waals surface area contributed by atoms with Crippen molar-refractivity contribution in [3.8, 4) is 5.75 Å². The number of methoxy groups -OCH3 is 1. The molecule has 1 amide bonds. The smallest absolute Gasteiger partial charge is 0.341 e. The number of hydrogen-bond donors (Lipinski definition) is 1. The van der Waals surface area contributed by atoms with Gasteiger partial charge in [-0.1, -0.05) is 12.1 Å². The van der Waals surface area contributed by atoms with Gasteiger partial charge in [0.25, 0.3) is 5.91 Å². The Labute approximate surface area is 174 Å². The first kappa shape index (κ1) is 22.2. The predicted molar refractivity (Wildman–Crippen MR) is 109 cm³/mol. The van der Waals surface area contributed by atoms with Gasteiger partial charge in [-0.3, -0.25) is 9.69 Å². The van der Waals surface area contributed by atoms with Crippen molar-refractivity contribution < 1.29 is 26.7 Å². The van der Waals surface area contributed by atoms with Gasteiger partial charge in [-0.05, 0) is 67.9 Å². The molecule has 9 heteroatoms. The van der Waals surface area contributed by atoms with Gasteiger partial charge in [0.05, 0.1) is 18.0 Å². The van der Waals surface area contributed by atoms with E-state index in [2.05, 4.69) is 10.2 Å². The van der Waals surface area contributed by atoms with Crippen molar-refractivity contribution in [1.82, 2.24) is 10.2 Å². The zero-order chi connectivity index (χ0) is 21.7. The third-order valence-electron chi connectivity index (χ3n) is 5.20. The van der Waals surface area contributed by atoms with Crippen LogP contribution in [-0.4, -0.2) is 51.7 Å². The molecule has 2 aromatic rings. The Bertz CT molecular complexity index is 975. The first-order valence-corrected chi connectivity index (χ1v) is 11.2. The average Bonchev–Trinajstić information content (AvgIpc) is 3.28. The van der Waals surface area contributed by atoms with Gasteiger partial charge in [0, 0.05) is 12.1 Å². The Morgan fingerprint density at radius 1 is 1.13 bits per heavy atom. The fraction of sp³-hybridized carbons (Fsp3) is 0.381. The summed E-state index contributed by atoms with van der Waals surface area (Å²) in [5.41, 5.74) is 1.23. The number of alkyl halides is 2. The Hall–Kier alpha value is -2.52. The van der Waals surface area contributed by atoms with Crippen molar-refractivity contribution in [2.45, 2.75) is 29.5 Å². The van der Waals surface area contributed by atoms with Crippen LogP contribution < -0.4 is 10.1 Å². The minimum Gasteiger partial charge on any atom is -0.497 e. The SMILES string of the molecule is COc1cccc(C(CNC(=O)c2ccc(S(=O)(=O)C(F)F)cc2)N2CCCC2)c1. The average molecular weight is 438 g/mol. The molecule has 0 aromatic heterocycles. The quantitative estimate of drug-likeness (QED) is 0.685. The van der Waals surface area contributed by atoms with E-state index in [1.807, 2.05) is 24.3 Å². The maximum absolute atomic E-state index is 12.6. The zero-order valence-electron chi connectivity index (χ0n) is 16.6. The highest BCUT2D eigenvalue weighted by Crippen LogP contribution is 2.27. The number of nitrogens with one attached hydrogen (secondary N) is 1. The molecule has 30 heavy (non-hydrogen) atoms. The summed E-state index contributed by atoms with van der Waals surface area (Å²) in [6, 6.07) is 12.2. The van der Waals surface area contributed by atoms with E-state index in [0.29, 0.717) is 6.54 Å². The highest BCUT2D eigenvalue weighted by atomic mass is 32.2. The summed E-state index contributed by atoms with van der Waals surface area (Å²) in [7, 11) is -3.08. The molecule has 1 heterocycles. The van der Waals surface area contributed by atoms with Gasteiger partial charge >= 0.3 is 5.76 Å². The minimum absolute atomic E-state index is 0.0370. The van der Waals surface area contributed by atoms with Crippen molar-refractivity contribution in [1.29, 1.82) is 0 Å². The lowest BCUT2D eigenvalue weighted by Gasteiger charge is -2.28. The molecular formula is C21H24F2N2O4S. The van der Waals surface area contributed by atoms with Crippen LogP contribution in [0.3, 0.4) is 0 Å². The van der Waals surface area contributed by atoms with Gasteiger partial charge in [0.2, 0.25) is 9.84 Å². The van der Waals surface area contributed by atoms with Crippen molar-refractivity contribution >= 4 is 15.7 Å². The number of carbonyl (C=O) groups is 1. The first-order valence-electron chi connectivity index (χ1n) is 9.61. The number of hydrogen-bond acceptors (Lipinski definition) is 5. The molecule has 1 fully saturated rings. The van der Waals surface area contributed by atoms with Crippen molar-refractivity contribution in [3.63, 3.8) is 0 Å². The van der Waals surface area contributed by atoms with E-state index in [1.165, 1.54) is 12.1 Å². The van der Waals surface area contributed by atoms with E-state index in [1.54, 1.807) is 7.11 Å². The summed E-state index contributed by atoms with van der Waals surface area (Å²) < 4.78 is 53.6. The Kier molecular flexibility index (Phi) is 7.04. The molecule has 1 aliphatic rings. The standard InChI is InChI=1S/C21H24F2N2O4S/c1-29-17-6-4-5-16(13-17)19(25-11-2-3-12-25)14-24-20(26)15-7-9-18(10-8-15)30(27,28)21(22)23/h4-10,13,19,21H,2-3,11-12,14H2,1H3,(H,24,26). The Morgan fingerprint density at radius 2 is 1.80 bits per heavy atom. The number of likely N-dealkylation sites (tertiary alicyclic amines) is 1. The Balaban J connectivity index is 1.72. The van der Waals surface area contributed by atoms with Crippen LogP contribution in [0, 0.1) is 0 Å². The molecule has 1 atom stereocenters. The largest absolute Gasteiger partial charge is 0.497 e. The topological polar surface area (TPSA) is 75.7 Å². The third kappa shape index (κ3) is 4.96. The molecule has 0 saturated carbocycles. The molecule has 1 saturated heterocycles. The fourth-order valence-electron chi connectivity index (χ4n) is 3.55. The van der Waals surface area contributed by atoms with Crippen molar-refractivity contribution in [2.24, 2.45) is 0 Å². The van der Waals surface area contributed by atoms with Crippen LogP contribution >= 0.6 is 0 Å². The first-order chi connectivity index (χ1) is 14.3. The van der Waals surface area contributed by atoms with E-state index in [9.17, 15) is 22.0 Å². The van der Waals surface area contributed by atoms with Gasteiger partial charge in [-0.15, -0.1) is 0 Å². The minimum atomic E-state index is -4.68. The number of carbonyl (C=O) groups excluding carboxylic acids is 1. The number of benzene rings is 2. The second-order valence-corrected chi connectivity index (χ2v) is 8.99. The normalized spacial score (nSPS) is 15.9. The molecule has 0 spiro atoms. The maximum atomic E-state index is 12.6. The molecule has 1 aliphatic heterocycles.